The predicted octanol–water partition coefficient (Wildman–Crippen LogP) is 2.00. The maximum Gasteiger partial charge on any atom is 0.283 e. The molecule has 0 amide bonds. The number of benzene rings is 1. The van der Waals surface area contributed by atoms with Crippen LogP contribution in [0.15, 0.2) is 35.3 Å². The van der Waals surface area contributed by atoms with Crippen molar-refractivity contribution in [3.8, 4) is 0 Å². The van der Waals surface area contributed by atoms with Gasteiger partial charge in [-0.15, -0.1) is 0 Å². The van der Waals surface area contributed by atoms with Crippen molar-refractivity contribution in [3.63, 3.8) is 0 Å². The maximum atomic E-state index is 10.7. The lowest BCUT2D eigenvalue weighted by atomic mass is 10.2. The number of rotatable bonds is 3. The van der Waals surface area contributed by atoms with E-state index in [1.165, 1.54) is 12.4 Å². The van der Waals surface area contributed by atoms with Crippen LogP contribution in [-0.4, -0.2) is 19.7 Å². The minimum absolute atomic E-state index is 0.0533. The molecule has 0 aliphatic heterocycles. The summed E-state index contributed by atoms with van der Waals surface area (Å²) in [6.07, 6.45) is 2.98. The van der Waals surface area contributed by atoms with Gasteiger partial charge in [-0.2, -0.15) is 5.10 Å². The Bertz CT molecular complexity index is 512. The van der Waals surface area contributed by atoms with Gasteiger partial charge in [0.1, 0.15) is 17.1 Å². The molecule has 82 valence electrons. The van der Waals surface area contributed by atoms with Crippen LogP contribution in [0.5, 0.6) is 0 Å². The lowest BCUT2D eigenvalue weighted by Gasteiger charge is -2.04. The average Bonchev–Trinajstić information content (AvgIpc) is 2.73. The largest absolute Gasteiger partial charge is 0.283 e. The summed E-state index contributed by atoms with van der Waals surface area (Å²) in [6, 6.07) is 4.91. The Morgan fingerprint density at radius 3 is 2.94 bits per heavy atom. The Kier molecular flexibility index (Phi) is 2.95. The molecule has 0 saturated heterocycles. The van der Waals surface area contributed by atoms with E-state index in [-0.39, 0.29) is 5.69 Å². The van der Waals surface area contributed by atoms with Crippen LogP contribution >= 0.6 is 15.9 Å². The van der Waals surface area contributed by atoms with Gasteiger partial charge in [-0.3, -0.25) is 10.1 Å². The number of hydrogen-bond donors (Lipinski definition) is 0. The topological polar surface area (TPSA) is 73.8 Å². The second-order valence-electron chi connectivity index (χ2n) is 3.10. The van der Waals surface area contributed by atoms with Crippen molar-refractivity contribution >= 4 is 21.6 Å². The SMILES string of the molecule is O=[N+]([O-])c1cccc(Cn2cncn2)c1Br. The summed E-state index contributed by atoms with van der Waals surface area (Å²) in [6.45, 7) is 0.447. The molecule has 0 atom stereocenters. The maximum absolute atomic E-state index is 10.7. The summed E-state index contributed by atoms with van der Waals surface area (Å²) in [7, 11) is 0. The van der Waals surface area contributed by atoms with Crippen LogP contribution < -0.4 is 0 Å². The summed E-state index contributed by atoms with van der Waals surface area (Å²) >= 11 is 3.22. The molecule has 1 heterocycles. The number of hydrogen-bond acceptors (Lipinski definition) is 4. The van der Waals surface area contributed by atoms with Crippen LogP contribution in [0.25, 0.3) is 0 Å². The van der Waals surface area contributed by atoms with Gasteiger partial charge in [-0.25, -0.2) is 9.67 Å². The minimum atomic E-state index is -0.422. The summed E-state index contributed by atoms with van der Waals surface area (Å²) < 4.78 is 2.08. The van der Waals surface area contributed by atoms with Crippen molar-refractivity contribution in [2.45, 2.75) is 6.54 Å². The third-order valence-electron chi connectivity index (χ3n) is 2.05. The molecule has 16 heavy (non-hydrogen) atoms. The molecule has 2 rings (SSSR count). The van der Waals surface area contributed by atoms with Crippen LogP contribution in [0.1, 0.15) is 5.56 Å². The van der Waals surface area contributed by atoms with E-state index in [0.29, 0.717) is 11.0 Å². The van der Waals surface area contributed by atoms with E-state index in [0.717, 1.165) is 5.56 Å². The standard InChI is InChI=1S/C9H7BrN4O2/c10-9-7(4-13-6-11-5-12-13)2-1-3-8(9)14(15)16/h1-3,5-6H,4H2. The fraction of sp³-hybridized carbons (Fsp3) is 0.111. The summed E-state index contributed by atoms with van der Waals surface area (Å²) in [5, 5.41) is 14.7. The highest BCUT2D eigenvalue weighted by molar-refractivity contribution is 9.10. The van der Waals surface area contributed by atoms with E-state index >= 15 is 0 Å². The Labute approximate surface area is 99.2 Å². The highest BCUT2D eigenvalue weighted by atomic mass is 79.9. The second-order valence-corrected chi connectivity index (χ2v) is 3.89. The van der Waals surface area contributed by atoms with Crippen LogP contribution in [0.3, 0.4) is 0 Å². The molecule has 0 N–H and O–H groups in total. The van der Waals surface area contributed by atoms with Crippen molar-refractivity contribution in [1.29, 1.82) is 0 Å². The quantitative estimate of drug-likeness (QED) is 0.637. The monoisotopic (exact) mass is 282 g/mol. The lowest BCUT2D eigenvalue weighted by molar-refractivity contribution is -0.385. The fourth-order valence-electron chi connectivity index (χ4n) is 1.32. The molecule has 0 unspecified atom stereocenters. The van der Waals surface area contributed by atoms with E-state index in [2.05, 4.69) is 26.0 Å². The van der Waals surface area contributed by atoms with Crippen LogP contribution in [0.4, 0.5) is 5.69 Å². The van der Waals surface area contributed by atoms with Gasteiger partial charge in [-0.1, -0.05) is 12.1 Å². The Hall–Kier alpha value is -1.76. The van der Waals surface area contributed by atoms with Gasteiger partial charge in [0.25, 0.3) is 5.69 Å². The highest BCUT2D eigenvalue weighted by Gasteiger charge is 2.14. The fourth-order valence-corrected chi connectivity index (χ4v) is 1.85. The van der Waals surface area contributed by atoms with Crippen LogP contribution in [0.2, 0.25) is 0 Å². The molecule has 0 fully saturated rings. The van der Waals surface area contributed by atoms with Crippen LogP contribution in [-0.2, 0) is 6.54 Å². The summed E-state index contributed by atoms with van der Waals surface area (Å²) in [5.41, 5.74) is 0.845. The molecule has 0 radical (unpaired) electrons. The Balaban J connectivity index is 2.35. The molecule has 0 bridgehead atoms. The highest BCUT2D eigenvalue weighted by Crippen LogP contribution is 2.28. The van der Waals surface area contributed by atoms with Crippen molar-refractivity contribution in [3.05, 3.63) is 51.0 Å². The molecular formula is C9H7BrN4O2. The Morgan fingerprint density at radius 2 is 2.31 bits per heavy atom. The second kappa shape index (κ2) is 4.40. The molecular weight excluding hydrogens is 276 g/mol. The van der Waals surface area contributed by atoms with Gasteiger partial charge in [0.2, 0.25) is 0 Å². The molecule has 0 saturated carbocycles. The number of aromatic nitrogens is 3. The first-order chi connectivity index (χ1) is 7.68. The zero-order chi connectivity index (χ0) is 11.5. The van der Waals surface area contributed by atoms with Gasteiger partial charge in [0.05, 0.1) is 11.5 Å². The van der Waals surface area contributed by atoms with E-state index in [9.17, 15) is 10.1 Å². The first kappa shape index (κ1) is 10.7. The van der Waals surface area contributed by atoms with Crippen molar-refractivity contribution < 1.29 is 4.92 Å². The zero-order valence-electron chi connectivity index (χ0n) is 8.08. The Morgan fingerprint density at radius 1 is 1.50 bits per heavy atom. The smallest absolute Gasteiger partial charge is 0.258 e. The number of nitro groups is 1. The zero-order valence-corrected chi connectivity index (χ0v) is 9.66. The van der Waals surface area contributed by atoms with Crippen molar-refractivity contribution in [2.75, 3.05) is 0 Å². The van der Waals surface area contributed by atoms with Gasteiger partial charge < -0.3 is 0 Å². The molecule has 0 spiro atoms. The molecule has 0 aliphatic rings. The normalized spacial score (nSPS) is 10.3. The third-order valence-corrected chi connectivity index (χ3v) is 2.97. The first-order valence-electron chi connectivity index (χ1n) is 4.42. The predicted molar refractivity (Wildman–Crippen MR) is 59.9 cm³/mol. The van der Waals surface area contributed by atoms with Gasteiger partial charge in [0.15, 0.2) is 0 Å². The third kappa shape index (κ3) is 2.08. The molecule has 1 aromatic carbocycles. The summed E-state index contributed by atoms with van der Waals surface area (Å²) in [5.74, 6) is 0. The van der Waals surface area contributed by atoms with E-state index in [1.54, 1.807) is 23.1 Å². The average molecular weight is 283 g/mol. The number of nitrogens with zero attached hydrogens (tertiary/aromatic N) is 4. The molecule has 7 heteroatoms. The number of halogens is 1. The molecule has 2 aromatic rings. The van der Waals surface area contributed by atoms with E-state index < -0.39 is 4.92 Å². The molecule has 1 aromatic heterocycles. The number of nitro benzene ring substituents is 1. The molecule has 0 aliphatic carbocycles. The van der Waals surface area contributed by atoms with E-state index in [1.807, 2.05) is 0 Å². The van der Waals surface area contributed by atoms with Crippen molar-refractivity contribution in [2.24, 2.45) is 0 Å². The van der Waals surface area contributed by atoms with Crippen LogP contribution in [0, 0.1) is 10.1 Å². The first-order valence-corrected chi connectivity index (χ1v) is 5.22. The molecule has 6 nitrogen and oxygen atoms in total. The van der Waals surface area contributed by atoms with E-state index in [4.69, 9.17) is 0 Å². The van der Waals surface area contributed by atoms with Gasteiger partial charge in [0, 0.05) is 6.07 Å². The van der Waals surface area contributed by atoms with Crippen molar-refractivity contribution in [1.82, 2.24) is 14.8 Å². The van der Waals surface area contributed by atoms with Gasteiger partial charge in [-0.05, 0) is 21.5 Å². The lowest BCUT2D eigenvalue weighted by Crippen LogP contribution is -2.02. The summed E-state index contributed by atoms with van der Waals surface area (Å²) in [4.78, 5) is 14.1. The minimum Gasteiger partial charge on any atom is -0.258 e. The van der Waals surface area contributed by atoms with Gasteiger partial charge >= 0.3 is 0 Å².